The quantitative estimate of drug-likeness (QED) is 0.373. The Balaban J connectivity index is 1.15. The number of piperazine rings is 1. The Kier molecular flexibility index (Phi) is 6.26. The van der Waals surface area contributed by atoms with Gasteiger partial charge in [0.05, 0.1) is 16.3 Å². The molecule has 7 rings (SSSR count). The van der Waals surface area contributed by atoms with Crippen molar-refractivity contribution in [2.45, 2.75) is 64.0 Å². The standard InChI is InChI=1S/C27H32ClF2N5O3/c1-17-23(28)25(35(37)38)31-34(17)27-12-18-9-19(13-27)11-26(10-18,16-27)14-22(36)33-7-5-32(6-8-33)15-20-3-2-4-21(29)24(20)30/h2-4,18-19H,5-16H2,1H3. The van der Waals surface area contributed by atoms with Crippen LogP contribution in [0.4, 0.5) is 14.6 Å². The molecule has 2 unspecified atom stereocenters. The highest BCUT2D eigenvalue weighted by molar-refractivity contribution is 6.33. The number of carbonyl (C=O) groups excluding carboxylic acids is 1. The molecule has 38 heavy (non-hydrogen) atoms. The maximum Gasteiger partial charge on any atom is 0.408 e. The average molecular weight is 548 g/mol. The molecule has 2 atom stereocenters. The Labute approximate surface area is 225 Å². The Morgan fingerprint density at radius 2 is 1.84 bits per heavy atom. The highest BCUT2D eigenvalue weighted by Gasteiger charge is 2.61. The second kappa shape index (κ2) is 9.26. The molecule has 4 bridgehead atoms. The van der Waals surface area contributed by atoms with Crippen molar-refractivity contribution in [2.24, 2.45) is 17.3 Å². The molecule has 4 saturated carbocycles. The predicted molar refractivity (Wildman–Crippen MR) is 137 cm³/mol. The lowest BCUT2D eigenvalue weighted by Gasteiger charge is -2.61. The second-order valence-corrected chi connectivity index (χ2v) is 12.5. The van der Waals surface area contributed by atoms with E-state index in [1.807, 2.05) is 9.58 Å². The van der Waals surface area contributed by atoms with Crippen LogP contribution >= 0.6 is 11.6 Å². The summed E-state index contributed by atoms with van der Waals surface area (Å²) >= 11 is 6.32. The smallest absolute Gasteiger partial charge is 0.358 e. The van der Waals surface area contributed by atoms with E-state index in [4.69, 9.17) is 11.6 Å². The fraction of sp³-hybridized carbons (Fsp3) is 0.630. The molecule has 1 amide bonds. The minimum atomic E-state index is -0.841. The van der Waals surface area contributed by atoms with Gasteiger partial charge in [0, 0.05) is 44.7 Å². The largest absolute Gasteiger partial charge is 0.408 e. The summed E-state index contributed by atoms with van der Waals surface area (Å²) in [5.41, 5.74) is 0.494. The molecular formula is C27H32ClF2N5O3. The summed E-state index contributed by atoms with van der Waals surface area (Å²) in [5.74, 6) is -0.847. The van der Waals surface area contributed by atoms with Gasteiger partial charge in [-0.05, 0) is 73.7 Å². The average Bonchev–Trinajstić information content (AvgIpc) is 3.16. The Hall–Kier alpha value is -2.59. The Morgan fingerprint density at radius 1 is 1.16 bits per heavy atom. The van der Waals surface area contributed by atoms with E-state index in [1.165, 1.54) is 6.07 Å². The lowest BCUT2D eigenvalue weighted by molar-refractivity contribution is -0.389. The van der Waals surface area contributed by atoms with Crippen LogP contribution < -0.4 is 0 Å². The molecule has 0 radical (unpaired) electrons. The number of nitro groups is 1. The highest BCUT2D eigenvalue weighted by atomic mass is 35.5. The third-order valence-electron chi connectivity index (χ3n) is 9.48. The first-order valence-electron chi connectivity index (χ1n) is 13.4. The summed E-state index contributed by atoms with van der Waals surface area (Å²) < 4.78 is 29.5. The summed E-state index contributed by atoms with van der Waals surface area (Å²) in [6, 6.07) is 4.23. The zero-order valence-corrected chi connectivity index (χ0v) is 22.2. The molecule has 8 nitrogen and oxygen atoms in total. The van der Waals surface area contributed by atoms with Crippen molar-refractivity contribution in [2.75, 3.05) is 26.2 Å². The van der Waals surface area contributed by atoms with Gasteiger partial charge in [-0.1, -0.05) is 23.7 Å². The van der Waals surface area contributed by atoms with Crippen molar-refractivity contribution in [1.29, 1.82) is 0 Å². The third-order valence-corrected chi connectivity index (χ3v) is 9.92. The van der Waals surface area contributed by atoms with Gasteiger partial charge in [-0.2, -0.15) is 4.68 Å². The number of rotatable bonds is 6. The van der Waals surface area contributed by atoms with Crippen molar-refractivity contribution in [3.8, 4) is 0 Å². The van der Waals surface area contributed by atoms with E-state index in [0.717, 1.165) is 44.6 Å². The van der Waals surface area contributed by atoms with Crippen molar-refractivity contribution >= 4 is 23.3 Å². The van der Waals surface area contributed by atoms with Crippen LogP contribution in [0.1, 0.15) is 56.2 Å². The Bertz CT molecular complexity index is 1280. The monoisotopic (exact) mass is 547 g/mol. The van der Waals surface area contributed by atoms with Gasteiger partial charge in [-0.25, -0.2) is 8.78 Å². The fourth-order valence-corrected chi connectivity index (χ4v) is 8.59. The predicted octanol–water partition coefficient (Wildman–Crippen LogP) is 5.06. The van der Waals surface area contributed by atoms with E-state index in [2.05, 4.69) is 10.00 Å². The van der Waals surface area contributed by atoms with Crippen LogP contribution in [-0.4, -0.2) is 56.6 Å². The van der Waals surface area contributed by atoms with E-state index < -0.39 is 16.6 Å². The number of hydrogen-bond acceptors (Lipinski definition) is 5. The molecule has 0 spiro atoms. The first-order valence-corrected chi connectivity index (χ1v) is 13.8. The number of hydrogen-bond donors (Lipinski definition) is 0. The van der Waals surface area contributed by atoms with Crippen LogP contribution in [0.3, 0.4) is 0 Å². The molecule has 1 aliphatic heterocycles. The normalized spacial score (nSPS) is 30.7. The van der Waals surface area contributed by atoms with E-state index in [-0.39, 0.29) is 27.7 Å². The van der Waals surface area contributed by atoms with Crippen LogP contribution in [0.15, 0.2) is 18.2 Å². The van der Waals surface area contributed by atoms with E-state index in [9.17, 15) is 23.7 Å². The van der Waals surface area contributed by atoms with Gasteiger partial charge in [-0.3, -0.25) is 9.69 Å². The van der Waals surface area contributed by atoms with Crippen LogP contribution in [0.25, 0.3) is 0 Å². The molecule has 1 aromatic heterocycles. The zero-order valence-electron chi connectivity index (χ0n) is 21.5. The summed E-state index contributed by atoms with van der Waals surface area (Å²) in [4.78, 5) is 28.5. The number of aromatic nitrogens is 2. The van der Waals surface area contributed by atoms with Crippen LogP contribution in [0, 0.1) is 45.9 Å². The molecule has 11 heteroatoms. The van der Waals surface area contributed by atoms with Gasteiger partial charge in [0.15, 0.2) is 16.7 Å². The molecule has 2 aromatic rings. The lowest BCUT2D eigenvalue weighted by atomic mass is 9.46. The van der Waals surface area contributed by atoms with Gasteiger partial charge in [0.25, 0.3) is 0 Å². The number of benzene rings is 1. The molecular weight excluding hydrogens is 516 g/mol. The highest BCUT2D eigenvalue weighted by Crippen LogP contribution is 2.65. The Morgan fingerprint density at radius 3 is 2.47 bits per heavy atom. The van der Waals surface area contributed by atoms with Crippen molar-refractivity contribution < 1.29 is 18.5 Å². The molecule has 0 N–H and O–H groups in total. The van der Waals surface area contributed by atoms with Gasteiger partial charge in [-0.15, -0.1) is 0 Å². The third kappa shape index (κ3) is 4.29. The zero-order chi connectivity index (χ0) is 26.8. The lowest BCUT2D eigenvalue weighted by Crippen LogP contribution is -2.58. The topological polar surface area (TPSA) is 84.5 Å². The number of nitrogens with zero attached hydrogens (tertiary/aromatic N) is 5. The van der Waals surface area contributed by atoms with E-state index >= 15 is 0 Å². The van der Waals surface area contributed by atoms with E-state index in [1.54, 1.807) is 13.0 Å². The summed E-state index contributed by atoms with van der Waals surface area (Å²) in [7, 11) is 0. The van der Waals surface area contributed by atoms with E-state index in [0.29, 0.717) is 62.2 Å². The summed E-state index contributed by atoms with van der Waals surface area (Å²) in [5, 5.41) is 16.0. The van der Waals surface area contributed by atoms with Crippen molar-refractivity contribution in [1.82, 2.24) is 19.6 Å². The van der Waals surface area contributed by atoms with Crippen LogP contribution in [0.2, 0.25) is 5.02 Å². The minimum Gasteiger partial charge on any atom is -0.358 e. The van der Waals surface area contributed by atoms with Gasteiger partial charge in [0.1, 0.15) is 0 Å². The molecule has 1 aromatic carbocycles. The molecule has 5 fully saturated rings. The first kappa shape index (κ1) is 25.7. The second-order valence-electron chi connectivity index (χ2n) is 12.1. The van der Waals surface area contributed by atoms with Gasteiger partial charge >= 0.3 is 5.82 Å². The fourth-order valence-electron chi connectivity index (χ4n) is 8.40. The van der Waals surface area contributed by atoms with Crippen molar-refractivity contribution in [3.05, 3.63) is 56.2 Å². The molecule has 5 aliphatic rings. The molecule has 4 aliphatic carbocycles. The number of halogens is 3. The maximum atomic E-state index is 14.1. The maximum absolute atomic E-state index is 14.1. The van der Waals surface area contributed by atoms with Crippen LogP contribution in [-0.2, 0) is 16.9 Å². The summed E-state index contributed by atoms with van der Waals surface area (Å²) in [6.07, 6.45) is 6.25. The molecule has 1 saturated heterocycles. The van der Waals surface area contributed by atoms with Crippen LogP contribution in [0.5, 0.6) is 0 Å². The number of carbonyl (C=O) groups is 1. The summed E-state index contributed by atoms with van der Waals surface area (Å²) in [6.45, 7) is 4.46. The van der Waals surface area contributed by atoms with Crippen molar-refractivity contribution in [3.63, 3.8) is 0 Å². The SMILES string of the molecule is Cc1c(Cl)c([N+](=O)[O-])nn1C12CC3CC(CC(CC(=O)N4CCN(Cc5cccc(F)c5F)CC4)(C3)C1)C2. The molecule has 2 heterocycles. The number of amides is 1. The first-order chi connectivity index (χ1) is 18.1. The minimum absolute atomic E-state index is 0.104. The molecule has 204 valence electrons. The van der Waals surface area contributed by atoms with Gasteiger partial charge in [0.2, 0.25) is 5.91 Å². The van der Waals surface area contributed by atoms with Gasteiger partial charge < -0.3 is 15.0 Å².